The summed E-state index contributed by atoms with van der Waals surface area (Å²) in [6.07, 6.45) is 0.460. The number of rotatable bonds is 8. The summed E-state index contributed by atoms with van der Waals surface area (Å²) in [5.74, 6) is -1.07. The van der Waals surface area contributed by atoms with Crippen LogP contribution in [0.2, 0.25) is 0 Å². The van der Waals surface area contributed by atoms with Crippen LogP contribution >= 0.6 is 0 Å². The van der Waals surface area contributed by atoms with Crippen LogP contribution < -0.4 is 10.1 Å². The lowest BCUT2D eigenvalue weighted by molar-refractivity contribution is -0.138. The second kappa shape index (κ2) is 10.4. The van der Waals surface area contributed by atoms with Crippen molar-refractivity contribution in [1.29, 1.82) is 0 Å². The molecule has 0 saturated heterocycles. The summed E-state index contributed by atoms with van der Waals surface area (Å²) in [5.41, 5.74) is 1.44. The number of carbonyl (C=O) groups excluding carboxylic acids is 2. The average molecular weight is 469 g/mol. The molecule has 0 unspecified atom stereocenters. The Bertz CT molecular complexity index is 1090. The Hall–Kier alpha value is -3.23. The van der Waals surface area contributed by atoms with Crippen LogP contribution in [-0.4, -0.2) is 58.3 Å². The highest BCUT2D eigenvalue weighted by Gasteiger charge is 2.50. The van der Waals surface area contributed by atoms with Crippen LogP contribution in [-0.2, 0) is 16.1 Å². The zero-order valence-electron chi connectivity index (χ0n) is 19.0. The van der Waals surface area contributed by atoms with E-state index < -0.39 is 35.9 Å². The number of hydrogen-bond acceptors (Lipinski definition) is 5. The minimum Gasteiger partial charge on any atom is -0.486 e. The molecule has 2 aromatic rings. The molecule has 8 heteroatoms. The van der Waals surface area contributed by atoms with Gasteiger partial charge in [0.2, 0.25) is 11.8 Å². The number of halogens is 1. The third-order valence-corrected chi connectivity index (χ3v) is 6.32. The molecule has 0 fully saturated rings. The summed E-state index contributed by atoms with van der Waals surface area (Å²) in [4.78, 5) is 27.7. The minimum atomic E-state index is -1.14. The third-order valence-electron chi connectivity index (χ3n) is 6.32. The van der Waals surface area contributed by atoms with Crippen LogP contribution in [0.15, 0.2) is 60.2 Å². The van der Waals surface area contributed by atoms with Crippen LogP contribution in [0.25, 0.3) is 0 Å². The van der Waals surface area contributed by atoms with Gasteiger partial charge in [-0.2, -0.15) is 0 Å². The fourth-order valence-electron chi connectivity index (χ4n) is 4.72. The van der Waals surface area contributed by atoms with Crippen LogP contribution in [0.1, 0.15) is 36.8 Å². The van der Waals surface area contributed by atoms with E-state index in [9.17, 15) is 24.2 Å². The number of fused-ring (bicyclic) bond motifs is 3. The number of hydrogen-bond donors (Lipinski definition) is 3. The number of carbonyl (C=O) groups is 2. The summed E-state index contributed by atoms with van der Waals surface area (Å²) < 4.78 is 20.5. The second-order valence-corrected chi connectivity index (χ2v) is 8.54. The fourth-order valence-corrected chi connectivity index (χ4v) is 4.72. The van der Waals surface area contributed by atoms with Gasteiger partial charge >= 0.3 is 0 Å². The van der Waals surface area contributed by atoms with Crippen molar-refractivity contribution < 1.29 is 28.9 Å². The quantitative estimate of drug-likeness (QED) is 0.552. The molecule has 0 aromatic heterocycles. The largest absolute Gasteiger partial charge is 0.486 e. The lowest BCUT2D eigenvalue weighted by Crippen LogP contribution is -2.55. The van der Waals surface area contributed by atoms with E-state index in [-0.39, 0.29) is 32.0 Å². The molecular weight excluding hydrogens is 439 g/mol. The number of nitrogens with one attached hydrogen (secondary N) is 1. The maximum atomic E-state index is 14.5. The Morgan fingerprint density at radius 2 is 1.88 bits per heavy atom. The summed E-state index contributed by atoms with van der Waals surface area (Å²) in [6, 6.07) is 12.6. The molecule has 2 amide bonds. The van der Waals surface area contributed by atoms with E-state index in [2.05, 4.69) is 5.32 Å². The first-order valence-corrected chi connectivity index (χ1v) is 11.5. The Morgan fingerprint density at radius 3 is 2.62 bits per heavy atom. The monoisotopic (exact) mass is 468 g/mol. The number of benzene rings is 2. The first kappa shape index (κ1) is 23.9. The van der Waals surface area contributed by atoms with E-state index in [0.29, 0.717) is 23.3 Å². The van der Waals surface area contributed by atoms with Crippen molar-refractivity contribution in [3.8, 4) is 5.75 Å². The molecule has 34 heavy (non-hydrogen) atoms. The van der Waals surface area contributed by atoms with Crippen LogP contribution in [0, 0.1) is 5.82 Å². The summed E-state index contributed by atoms with van der Waals surface area (Å²) in [5, 5.41) is 23.2. The number of aliphatic hydroxyl groups excluding tert-OH is 2. The van der Waals surface area contributed by atoms with Gasteiger partial charge in [0.05, 0.1) is 18.6 Å². The summed E-state index contributed by atoms with van der Waals surface area (Å²) >= 11 is 0. The molecule has 2 aliphatic rings. The molecular formula is C26H29FN2O5. The summed E-state index contributed by atoms with van der Waals surface area (Å²) in [7, 11) is 0. The van der Waals surface area contributed by atoms with Gasteiger partial charge < -0.3 is 25.2 Å². The van der Waals surface area contributed by atoms with Gasteiger partial charge in [-0.05, 0) is 24.6 Å². The first-order valence-electron chi connectivity index (χ1n) is 11.5. The van der Waals surface area contributed by atoms with E-state index in [0.717, 1.165) is 5.56 Å². The highest BCUT2D eigenvalue weighted by Crippen LogP contribution is 2.47. The maximum absolute atomic E-state index is 14.5. The topological polar surface area (TPSA) is 99.1 Å². The molecule has 4 rings (SSSR count). The lowest BCUT2D eigenvalue weighted by atomic mass is 9.77. The Labute approximate surface area is 197 Å². The van der Waals surface area contributed by atoms with Gasteiger partial charge in [0.15, 0.2) is 0 Å². The number of amides is 2. The van der Waals surface area contributed by atoms with E-state index in [4.69, 9.17) is 4.74 Å². The number of ether oxygens (including phenoxy) is 1. The fraction of sp³-hybridized carbons (Fsp3) is 0.385. The van der Waals surface area contributed by atoms with Gasteiger partial charge in [0.1, 0.15) is 23.8 Å². The smallest absolute Gasteiger partial charge is 0.247 e. The van der Waals surface area contributed by atoms with Gasteiger partial charge in [-0.25, -0.2) is 4.39 Å². The molecule has 0 spiro atoms. The molecule has 0 bridgehead atoms. The van der Waals surface area contributed by atoms with E-state index in [1.54, 1.807) is 30.3 Å². The third kappa shape index (κ3) is 4.56. The molecule has 0 saturated carbocycles. The number of para-hydroxylation sites is 1. The van der Waals surface area contributed by atoms with E-state index in [1.165, 1.54) is 11.0 Å². The normalized spacial score (nSPS) is 22.8. The molecule has 2 aromatic carbocycles. The summed E-state index contributed by atoms with van der Waals surface area (Å²) in [6.45, 7) is 1.66. The minimum absolute atomic E-state index is 0.0559. The second-order valence-electron chi connectivity index (χ2n) is 8.54. The number of nitrogens with zero attached hydrogens (tertiary/aromatic N) is 1. The molecule has 4 atom stereocenters. The number of aliphatic hydroxyl groups is 2. The predicted octanol–water partition coefficient (Wildman–Crippen LogP) is 2.28. The maximum Gasteiger partial charge on any atom is 0.247 e. The predicted molar refractivity (Wildman–Crippen MR) is 123 cm³/mol. The average Bonchev–Trinajstić information content (AvgIpc) is 3.23. The molecule has 1 heterocycles. The van der Waals surface area contributed by atoms with Crippen molar-refractivity contribution >= 4 is 11.8 Å². The van der Waals surface area contributed by atoms with E-state index in [1.807, 2.05) is 25.1 Å². The van der Waals surface area contributed by atoms with Crippen molar-refractivity contribution in [2.45, 2.75) is 50.5 Å². The van der Waals surface area contributed by atoms with Crippen LogP contribution in [0.3, 0.4) is 0 Å². The Morgan fingerprint density at radius 1 is 1.15 bits per heavy atom. The molecule has 1 aliphatic carbocycles. The Balaban J connectivity index is 1.76. The van der Waals surface area contributed by atoms with Gasteiger partial charge in [-0.3, -0.25) is 9.59 Å². The van der Waals surface area contributed by atoms with Crippen molar-refractivity contribution in [2.24, 2.45) is 0 Å². The highest BCUT2D eigenvalue weighted by atomic mass is 19.1. The van der Waals surface area contributed by atoms with Gasteiger partial charge in [-0.1, -0.05) is 43.3 Å². The lowest BCUT2D eigenvalue weighted by Gasteiger charge is -2.40. The zero-order valence-corrected chi connectivity index (χ0v) is 19.0. The van der Waals surface area contributed by atoms with Crippen molar-refractivity contribution in [3.63, 3.8) is 0 Å². The van der Waals surface area contributed by atoms with Crippen LogP contribution in [0.4, 0.5) is 4.39 Å². The first-order chi connectivity index (χ1) is 16.5. The molecule has 7 nitrogen and oxygen atoms in total. The zero-order chi connectivity index (χ0) is 24.2. The van der Waals surface area contributed by atoms with Gasteiger partial charge in [0.25, 0.3) is 0 Å². The highest BCUT2D eigenvalue weighted by molar-refractivity contribution is 5.96. The van der Waals surface area contributed by atoms with Crippen LogP contribution in [0.5, 0.6) is 5.75 Å². The molecule has 180 valence electrons. The van der Waals surface area contributed by atoms with E-state index >= 15 is 0 Å². The van der Waals surface area contributed by atoms with Gasteiger partial charge in [-0.15, -0.1) is 0 Å². The molecule has 3 N–H and O–H groups in total. The Kier molecular flexibility index (Phi) is 7.29. The SMILES string of the molecule is CCCC(=O)N(Cc1ccccc1F)[C@@H]1C=C(C(=O)NCCO)[C@@H]2c3ccccc3O[C@@H]2[C@H]1O. The van der Waals surface area contributed by atoms with Gasteiger partial charge in [0, 0.05) is 36.2 Å². The standard InChI is InChI=1S/C26H29FN2O5/c1-2-7-22(31)29(15-16-8-3-5-10-19(16)27)20-14-18(26(33)28-12-13-30)23-17-9-4-6-11-21(17)34-25(23)24(20)32/h3-6,8-11,14,20,23-25,30,32H,2,7,12-13,15H2,1H3,(H,28,33)/t20-,23+,24+,25+/m1/s1. The van der Waals surface area contributed by atoms with Crippen molar-refractivity contribution in [1.82, 2.24) is 10.2 Å². The molecule has 0 radical (unpaired) electrons. The van der Waals surface area contributed by atoms with Crippen molar-refractivity contribution in [2.75, 3.05) is 13.2 Å². The molecule has 1 aliphatic heterocycles. The van der Waals surface area contributed by atoms with Crippen molar-refractivity contribution in [3.05, 3.63) is 77.1 Å².